The second-order valence-corrected chi connectivity index (χ2v) is 32.6. The SMILES string of the molecule is CC(C)(C)c1cc2cc(c1)c1ccc3c4cc(C(C)(C)C)cc(c4)c4cc(C(C)(C)C)cc(c4)c4ccc5c6cc(C(C)(C)C)cc(c6)c6cc(C(C)(C)C)cc(c6)c6ccc(c7cc(C(C)(C)C)cc2c7)c2nc7c8nc1c3nc8c1nc4c5nc1c7nc62. The van der Waals surface area contributed by atoms with Crippen molar-refractivity contribution in [3.05, 3.63) is 179 Å². The second kappa shape index (κ2) is 18.3. The van der Waals surface area contributed by atoms with Gasteiger partial charge >= 0.3 is 0 Å². The first kappa shape index (κ1) is 56.2. The van der Waals surface area contributed by atoms with E-state index in [0.717, 1.165) is 130 Å². The molecule has 0 amide bonds. The fourth-order valence-corrected chi connectivity index (χ4v) is 14.1. The van der Waals surface area contributed by atoms with Crippen molar-refractivity contribution in [2.45, 2.75) is 157 Å². The molecule has 0 saturated heterocycles. The highest BCUT2D eigenvalue weighted by molar-refractivity contribution is 6.28. The minimum Gasteiger partial charge on any atom is -0.241 e. The first-order valence-electron chi connectivity index (χ1n) is 32.3. The van der Waals surface area contributed by atoms with E-state index >= 15 is 0 Å². The molecule has 0 fully saturated rings. The summed E-state index contributed by atoms with van der Waals surface area (Å²) in [7, 11) is 0. The molecule has 16 aromatic rings. The molecule has 6 aromatic heterocycles. The van der Waals surface area contributed by atoms with Crippen molar-refractivity contribution in [2.75, 3.05) is 0 Å². The molecule has 0 spiro atoms. The largest absolute Gasteiger partial charge is 0.241 e. The summed E-state index contributed by atoms with van der Waals surface area (Å²) in [6.07, 6.45) is 0. The molecular formula is C84H78N6. The highest BCUT2D eigenvalue weighted by Crippen LogP contribution is 2.45. The molecule has 6 heteroatoms. The number of nitrogens with zero attached hydrogens (tertiary/aromatic N) is 6. The zero-order valence-electron chi connectivity index (χ0n) is 55.5. The minimum atomic E-state index is -0.185. The quantitative estimate of drug-likeness (QED) is 0.111. The topological polar surface area (TPSA) is 77.3 Å². The maximum absolute atomic E-state index is 6.08. The Kier molecular flexibility index (Phi) is 11.5. The first-order valence-corrected chi connectivity index (χ1v) is 32.3. The fourth-order valence-electron chi connectivity index (χ4n) is 14.1. The van der Waals surface area contributed by atoms with Gasteiger partial charge in [0.2, 0.25) is 0 Å². The monoisotopic (exact) mass is 1170 g/mol. The third-order valence-electron chi connectivity index (χ3n) is 19.8. The predicted molar refractivity (Wildman–Crippen MR) is 388 cm³/mol. The Morgan fingerprint density at radius 3 is 0.400 bits per heavy atom. The summed E-state index contributed by atoms with van der Waals surface area (Å²) in [5.41, 5.74) is 14.9. The predicted octanol–water partition coefficient (Wildman–Crippen LogP) is 23.1. The maximum Gasteiger partial charge on any atom is 0.120 e. The Morgan fingerprint density at radius 2 is 0.278 bits per heavy atom. The summed E-state index contributed by atoms with van der Waals surface area (Å²) >= 11 is 0. The molecule has 0 radical (unpaired) electrons. The molecule has 0 unspecified atom stereocenters. The third-order valence-corrected chi connectivity index (χ3v) is 19.8. The van der Waals surface area contributed by atoms with E-state index in [1.54, 1.807) is 0 Å². The van der Waals surface area contributed by atoms with Gasteiger partial charge in [-0.3, -0.25) is 0 Å². The highest BCUT2D eigenvalue weighted by atomic mass is 14.9. The van der Waals surface area contributed by atoms with E-state index in [4.69, 9.17) is 29.9 Å². The van der Waals surface area contributed by atoms with Crippen LogP contribution < -0.4 is 0 Å². The van der Waals surface area contributed by atoms with Crippen molar-refractivity contribution in [3.8, 4) is 0 Å². The molecule has 0 aliphatic carbocycles. The molecule has 16 rings (SSSR count). The molecule has 0 N–H and O–H groups in total. The summed E-state index contributed by atoms with van der Waals surface area (Å²) < 4.78 is 0. The summed E-state index contributed by atoms with van der Waals surface area (Å²) in [6.45, 7) is 41.8. The normalized spacial score (nSPS) is 13.7. The van der Waals surface area contributed by atoms with E-state index in [1.807, 2.05) is 0 Å². The van der Waals surface area contributed by atoms with E-state index < -0.39 is 0 Å². The van der Waals surface area contributed by atoms with Crippen LogP contribution in [0.1, 0.15) is 158 Å². The number of fused-ring (bicyclic) bond motifs is 21. The third kappa shape index (κ3) is 8.78. The number of hydrogen-bond donors (Lipinski definition) is 0. The number of rotatable bonds is 0. The lowest BCUT2D eigenvalue weighted by Crippen LogP contribution is -2.11. The molecule has 90 heavy (non-hydrogen) atoms. The van der Waals surface area contributed by atoms with Gasteiger partial charge in [-0.2, -0.15) is 0 Å². The minimum absolute atomic E-state index is 0.185. The number of hydrogen-bond acceptors (Lipinski definition) is 6. The molecule has 10 aromatic carbocycles. The van der Waals surface area contributed by atoms with Gasteiger partial charge in [0, 0.05) is 32.3 Å². The molecule has 0 aliphatic heterocycles. The van der Waals surface area contributed by atoms with Gasteiger partial charge in [-0.15, -0.1) is 0 Å². The van der Waals surface area contributed by atoms with Gasteiger partial charge in [0.1, 0.15) is 33.1 Å². The summed E-state index contributed by atoms with van der Waals surface area (Å²) in [6, 6.07) is 57.0. The Bertz CT molecular complexity index is 4970. The van der Waals surface area contributed by atoms with Crippen molar-refractivity contribution in [1.82, 2.24) is 29.9 Å². The lowest BCUT2D eigenvalue weighted by molar-refractivity contribution is 0.591. The molecule has 0 saturated carbocycles. The highest BCUT2D eigenvalue weighted by Gasteiger charge is 2.27. The van der Waals surface area contributed by atoms with Gasteiger partial charge in [0.15, 0.2) is 0 Å². The standard InChI is InChI=1S/C84H78N6/c1-79(2,3)55-31-43-25-49(37-55)61-19-20-62-51-27-45(33-57(39-51)81(7,8)9)46-28-53(41-58(34-46)82(10,11)12)65-23-24-66-54-30-48(36-60(42-54)84(16,17)18)47-29-52(40-59(35-47)83(13,14)15)64-22-21-63(50-26-44(43)32-56(38-50)80(4,5)6)69-70(64)88-77-75(87-69)73-74(86-68(62)67(61)85-73)76-78(77)90-72(66)71(65)89-76/h19-42H,1-18H3. The van der Waals surface area contributed by atoms with Crippen LogP contribution in [-0.2, 0) is 32.5 Å². The van der Waals surface area contributed by atoms with Crippen LogP contribution in [0.3, 0.4) is 0 Å². The average molecular weight is 1170 g/mol. The lowest BCUT2D eigenvalue weighted by atomic mass is 9.83. The second-order valence-electron chi connectivity index (χ2n) is 32.6. The van der Waals surface area contributed by atoms with Gasteiger partial charge < -0.3 is 0 Å². The van der Waals surface area contributed by atoms with Crippen molar-refractivity contribution in [3.63, 3.8) is 0 Å². The van der Waals surface area contributed by atoms with Crippen LogP contribution in [-0.4, -0.2) is 29.9 Å². The van der Waals surface area contributed by atoms with Crippen LogP contribution in [0, 0.1) is 0 Å². The van der Waals surface area contributed by atoms with Crippen LogP contribution in [0.25, 0.3) is 163 Å². The molecule has 6 nitrogen and oxygen atoms in total. The maximum atomic E-state index is 6.08. The molecule has 24 bridgehead atoms. The molecule has 0 aliphatic rings. The van der Waals surface area contributed by atoms with Crippen LogP contribution >= 0.6 is 0 Å². The van der Waals surface area contributed by atoms with Crippen LogP contribution in [0.5, 0.6) is 0 Å². The van der Waals surface area contributed by atoms with Gasteiger partial charge in [0.05, 0.1) is 33.1 Å². The van der Waals surface area contributed by atoms with Crippen molar-refractivity contribution >= 4 is 163 Å². The summed E-state index contributed by atoms with van der Waals surface area (Å²) in [5, 5.41) is 19.3. The number of benzene rings is 10. The first-order chi connectivity index (χ1) is 42.3. The van der Waals surface area contributed by atoms with E-state index in [1.165, 1.54) is 33.4 Å². The van der Waals surface area contributed by atoms with Crippen LogP contribution in [0.15, 0.2) is 146 Å². The summed E-state index contributed by atoms with van der Waals surface area (Å²) in [5.74, 6) is 0. The van der Waals surface area contributed by atoms with Crippen molar-refractivity contribution < 1.29 is 0 Å². The Labute approximate surface area is 526 Å². The van der Waals surface area contributed by atoms with Gasteiger partial charge in [-0.25, -0.2) is 29.9 Å². The smallest absolute Gasteiger partial charge is 0.120 e. The molecule has 6 heterocycles. The number of aromatic nitrogens is 6. The zero-order valence-corrected chi connectivity index (χ0v) is 55.5. The van der Waals surface area contributed by atoms with Crippen molar-refractivity contribution in [1.29, 1.82) is 0 Å². The van der Waals surface area contributed by atoms with Crippen molar-refractivity contribution in [2.24, 2.45) is 0 Å². The van der Waals surface area contributed by atoms with Gasteiger partial charge in [-0.05, 0) is 167 Å². The Hall–Kier alpha value is -9.00. The van der Waals surface area contributed by atoms with E-state index in [2.05, 4.69) is 270 Å². The van der Waals surface area contributed by atoms with Crippen LogP contribution in [0.2, 0.25) is 0 Å². The molecular weight excluding hydrogens is 1090 g/mol. The van der Waals surface area contributed by atoms with E-state index in [9.17, 15) is 0 Å². The average Bonchev–Trinajstić information content (AvgIpc) is 0.705. The van der Waals surface area contributed by atoms with Crippen LogP contribution in [0.4, 0.5) is 0 Å². The molecule has 0 atom stereocenters. The Morgan fingerprint density at radius 1 is 0.156 bits per heavy atom. The lowest BCUT2D eigenvalue weighted by Gasteiger charge is -2.22. The van der Waals surface area contributed by atoms with Gasteiger partial charge in [-0.1, -0.05) is 234 Å². The Balaban J connectivity index is 1.30. The molecule has 444 valence electrons. The van der Waals surface area contributed by atoms with Gasteiger partial charge in [0.25, 0.3) is 0 Å². The van der Waals surface area contributed by atoms with E-state index in [0.29, 0.717) is 33.1 Å². The zero-order chi connectivity index (χ0) is 63.0. The summed E-state index contributed by atoms with van der Waals surface area (Å²) in [4.78, 5) is 36.5. The van der Waals surface area contributed by atoms with E-state index in [-0.39, 0.29) is 32.5 Å². The fraction of sp³-hybridized carbons (Fsp3) is 0.286.